The number of ether oxygens (including phenoxy) is 2. The first-order chi connectivity index (χ1) is 19.4. The van der Waals surface area contributed by atoms with Crippen molar-refractivity contribution in [3.05, 3.63) is 35.6 Å². The van der Waals surface area contributed by atoms with Crippen LogP contribution in [0.1, 0.15) is 45.6 Å². The second kappa shape index (κ2) is 14.7. The van der Waals surface area contributed by atoms with Crippen molar-refractivity contribution in [2.45, 2.75) is 59.2 Å². The molecule has 8 nitrogen and oxygen atoms in total. The highest BCUT2D eigenvalue weighted by Gasteiger charge is 2.34. The smallest absolute Gasteiger partial charge is 0.391 e. The van der Waals surface area contributed by atoms with E-state index in [0.29, 0.717) is 38.7 Å². The molecule has 3 heterocycles. The maximum absolute atomic E-state index is 14.7. The van der Waals surface area contributed by atoms with E-state index >= 15 is 0 Å². The van der Waals surface area contributed by atoms with Gasteiger partial charge < -0.3 is 29.7 Å². The van der Waals surface area contributed by atoms with Gasteiger partial charge in [-0.05, 0) is 68.0 Å². The topological polar surface area (TPSA) is 87.2 Å². The van der Waals surface area contributed by atoms with Gasteiger partial charge in [-0.1, -0.05) is 13.8 Å². The number of anilines is 2. The van der Waals surface area contributed by atoms with Crippen LogP contribution in [0.2, 0.25) is 0 Å². The predicted octanol–water partition coefficient (Wildman–Crippen LogP) is 6.01. The van der Waals surface area contributed by atoms with Gasteiger partial charge in [-0.25, -0.2) is 9.18 Å². The molecule has 1 aromatic carbocycles. The first-order valence-corrected chi connectivity index (χ1v) is 14.0. The van der Waals surface area contributed by atoms with Crippen LogP contribution < -0.4 is 15.0 Å². The summed E-state index contributed by atoms with van der Waals surface area (Å²) in [6.07, 6.45) is -1.89. The Morgan fingerprint density at radius 3 is 2.51 bits per heavy atom. The molecule has 2 atom stereocenters. The third kappa shape index (κ3) is 8.93. The van der Waals surface area contributed by atoms with Gasteiger partial charge in [0.2, 0.25) is 5.88 Å². The van der Waals surface area contributed by atoms with Crippen LogP contribution in [-0.2, 0) is 4.74 Å². The molecule has 2 amide bonds. The molecule has 228 valence electrons. The number of likely N-dealkylation sites (tertiary alicyclic amines) is 1. The zero-order valence-electron chi connectivity index (χ0n) is 24.1. The van der Waals surface area contributed by atoms with Gasteiger partial charge >= 0.3 is 12.2 Å². The van der Waals surface area contributed by atoms with Gasteiger partial charge in [0, 0.05) is 25.7 Å². The zero-order chi connectivity index (χ0) is 30.2. The fourth-order valence-corrected chi connectivity index (χ4v) is 4.51. The number of aromatic nitrogens is 1. The number of nitrogens with zero attached hydrogens (tertiary/aromatic N) is 3. The van der Waals surface area contributed by atoms with E-state index in [1.807, 2.05) is 13.0 Å². The second-order valence-electron chi connectivity index (χ2n) is 10.4. The number of alkyl halides is 3. The maximum Gasteiger partial charge on any atom is 0.391 e. The summed E-state index contributed by atoms with van der Waals surface area (Å²) in [6, 6.07) is 6.66. The summed E-state index contributed by atoms with van der Waals surface area (Å²) in [5, 5.41) is 11.9. The van der Waals surface area contributed by atoms with Gasteiger partial charge in [-0.15, -0.1) is 0 Å². The molecule has 0 radical (unpaired) electrons. The van der Waals surface area contributed by atoms with Crippen molar-refractivity contribution >= 4 is 17.5 Å². The van der Waals surface area contributed by atoms with Crippen LogP contribution in [-0.4, -0.2) is 79.3 Å². The molecule has 2 aromatic rings. The number of carbonyl (C=O) groups excluding carboxylic acids is 1. The molecular weight excluding hydrogens is 544 g/mol. The van der Waals surface area contributed by atoms with E-state index in [-0.39, 0.29) is 37.4 Å². The average molecular weight is 585 g/mol. The largest absolute Gasteiger partial charge is 0.475 e. The molecule has 0 spiro atoms. The Balaban J connectivity index is 0.000000507. The first-order valence-electron chi connectivity index (χ1n) is 14.0. The molecule has 0 bridgehead atoms. The summed E-state index contributed by atoms with van der Waals surface area (Å²) in [6.45, 7) is 9.85. The number of amides is 2. The first kappa shape index (κ1) is 32.4. The quantitative estimate of drug-likeness (QED) is 0.388. The van der Waals surface area contributed by atoms with E-state index in [9.17, 15) is 27.5 Å². The SMILES string of the molecule is CCC(C)C(F)(F)F.Cc1cc(F)c(NC(=O)N2CCCC2)cc1-c1cc(OCCO)nc(N2CCOCC2C)c1. The Hall–Kier alpha value is -3.12. The van der Waals surface area contributed by atoms with Crippen LogP contribution in [0.5, 0.6) is 5.88 Å². The van der Waals surface area contributed by atoms with Crippen LogP contribution in [0, 0.1) is 18.7 Å². The van der Waals surface area contributed by atoms with E-state index in [1.165, 1.54) is 19.9 Å². The van der Waals surface area contributed by atoms with E-state index in [1.54, 1.807) is 17.0 Å². The lowest BCUT2D eigenvalue weighted by atomic mass is 9.99. The van der Waals surface area contributed by atoms with Crippen molar-refractivity contribution in [3.8, 4) is 17.0 Å². The number of rotatable bonds is 7. The fourth-order valence-electron chi connectivity index (χ4n) is 4.51. The normalized spacial score (nSPS) is 18.0. The summed E-state index contributed by atoms with van der Waals surface area (Å²) < 4.78 is 60.3. The molecule has 4 rings (SSSR count). The molecule has 2 saturated heterocycles. The Kier molecular flexibility index (Phi) is 11.6. The number of hydrogen-bond donors (Lipinski definition) is 2. The van der Waals surface area contributed by atoms with Crippen molar-refractivity contribution in [3.63, 3.8) is 0 Å². The number of aliphatic hydroxyl groups is 1. The van der Waals surface area contributed by atoms with Crippen LogP contribution in [0.25, 0.3) is 11.1 Å². The number of morpholine rings is 1. The molecule has 2 fully saturated rings. The number of pyridine rings is 1. The highest BCUT2D eigenvalue weighted by Crippen LogP contribution is 2.34. The molecule has 2 unspecified atom stereocenters. The minimum absolute atomic E-state index is 0.119. The minimum Gasteiger partial charge on any atom is -0.475 e. The third-order valence-electron chi connectivity index (χ3n) is 7.22. The third-order valence-corrected chi connectivity index (χ3v) is 7.22. The monoisotopic (exact) mass is 584 g/mol. The zero-order valence-corrected chi connectivity index (χ0v) is 24.1. The Morgan fingerprint density at radius 1 is 1.22 bits per heavy atom. The average Bonchev–Trinajstić information content (AvgIpc) is 3.48. The lowest BCUT2D eigenvalue weighted by molar-refractivity contribution is -0.170. The number of aliphatic hydroxyl groups excluding tert-OH is 1. The number of halogens is 4. The molecule has 2 aliphatic heterocycles. The van der Waals surface area contributed by atoms with Crippen molar-refractivity contribution in [1.82, 2.24) is 9.88 Å². The standard InChI is InChI=1S/C24H31FN4O4.C5H9F3/c1-16-11-20(25)21(26-24(31)28-5-3-4-6-28)14-19(16)18-12-22(27-23(13-18)33-10-8-30)29-7-9-32-15-17(29)2;1-3-4(2)5(6,7)8/h11-14,17,30H,3-10,15H2,1-2H3,(H,26,31);4H,3H2,1-2H3. The highest BCUT2D eigenvalue weighted by atomic mass is 19.4. The summed E-state index contributed by atoms with van der Waals surface area (Å²) in [4.78, 5) is 21.0. The highest BCUT2D eigenvalue weighted by molar-refractivity contribution is 5.91. The second-order valence-corrected chi connectivity index (χ2v) is 10.4. The Bertz CT molecular complexity index is 1160. The fraction of sp³-hybridized carbons (Fsp3) is 0.586. The lowest BCUT2D eigenvalue weighted by Gasteiger charge is -2.34. The van der Waals surface area contributed by atoms with Crippen molar-refractivity contribution in [2.24, 2.45) is 5.92 Å². The van der Waals surface area contributed by atoms with Gasteiger partial charge in [0.15, 0.2) is 0 Å². The van der Waals surface area contributed by atoms with Crippen LogP contribution >= 0.6 is 0 Å². The number of urea groups is 1. The minimum atomic E-state index is -3.99. The molecule has 2 aliphatic rings. The summed E-state index contributed by atoms with van der Waals surface area (Å²) >= 11 is 0. The summed E-state index contributed by atoms with van der Waals surface area (Å²) in [5.74, 6) is -0.525. The number of nitrogens with one attached hydrogen (secondary N) is 1. The van der Waals surface area contributed by atoms with Gasteiger partial charge in [0.25, 0.3) is 0 Å². The molecule has 41 heavy (non-hydrogen) atoms. The maximum atomic E-state index is 14.7. The van der Waals surface area contributed by atoms with E-state index in [4.69, 9.17) is 9.47 Å². The Morgan fingerprint density at radius 2 is 1.93 bits per heavy atom. The number of hydrogen-bond acceptors (Lipinski definition) is 6. The van der Waals surface area contributed by atoms with E-state index in [0.717, 1.165) is 35.3 Å². The molecule has 12 heteroatoms. The molecule has 0 saturated carbocycles. The van der Waals surface area contributed by atoms with Crippen molar-refractivity contribution < 1.29 is 36.9 Å². The van der Waals surface area contributed by atoms with Gasteiger partial charge in [-0.2, -0.15) is 18.2 Å². The van der Waals surface area contributed by atoms with Crippen molar-refractivity contribution in [1.29, 1.82) is 0 Å². The van der Waals surface area contributed by atoms with E-state index < -0.39 is 17.9 Å². The summed E-state index contributed by atoms with van der Waals surface area (Å²) in [7, 11) is 0. The molecule has 1 aromatic heterocycles. The molecular formula is C29H40F4N4O4. The Labute approximate surface area is 238 Å². The molecule has 0 aliphatic carbocycles. The van der Waals surface area contributed by atoms with Gasteiger partial charge in [0.05, 0.1) is 37.5 Å². The van der Waals surface area contributed by atoms with Gasteiger partial charge in [0.1, 0.15) is 18.2 Å². The number of benzene rings is 1. The number of carbonyl (C=O) groups is 1. The summed E-state index contributed by atoms with van der Waals surface area (Å²) in [5.41, 5.74) is 2.43. The van der Waals surface area contributed by atoms with Crippen LogP contribution in [0.4, 0.5) is 33.9 Å². The van der Waals surface area contributed by atoms with Gasteiger partial charge in [-0.3, -0.25) is 0 Å². The van der Waals surface area contributed by atoms with E-state index in [2.05, 4.69) is 22.1 Å². The molecule has 2 N–H and O–H groups in total. The number of aryl methyl sites for hydroxylation is 1. The lowest BCUT2D eigenvalue weighted by Crippen LogP contribution is -2.44. The predicted molar refractivity (Wildman–Crippen MR) is 150 cm³/mol. The van der Waals surface area contributed by atoms with Crippen LogP contribution in [0.15, 0.2) is 24.3 Å². The van der Waals surface area contributed by atoms with Crippen molar-refractivity contribution in [2.75, 3.05) is 56.3 Å². The van der Waals surface area contributed by atoms with Crippen LogP contribution in [0.3, 0.4) is 0 Å².